The Labute approximate surface area is 93.2 Å². The Morgan fingerprint density at radius 3 is 2.62 bits per heavy atom. The number of aliphatic imine (C=N–C) groups is 1. The fraction of sp³-hybridized carbons (Fsp3) is 0.182. The zero-order chi connectivity index (χ0) is 11.4. The number of hydrogen-bond acceptors (Lipinski definition) is 3. The number of nitrogens with zero attached hydrogens (tertiary/aromatic N) is 3. The van der Waals surface area contributed by atoms with Crippen molar-refractivity contribution in [3.05, 3.63) is 36.2 Å². The first-order chi connectivity index (χ1) is 7.75. The summed E-state index contributed by atoms with van der Waals surface area (Å²) in [6.07, 6.45) is 4.16. The van der Waals surface area contributed by atoms with E-state index in [-0.39, 0.29) is 5.96 Å². The molecule has 0 amide bonds. The van der Waals surface area contributed by atoms with Crippen LogP contribution in [0.3, 0.4) is 0 Å². The normalized spacial score (nSPS) is 10.2. The molecule has 2 aromatic rings. The summed E-state index contributed by atoms with van der Waals surface area (Å²) in [5, 5.41) is 0. The molecule has 1 heterocycles. The summed E-state index contributed by atoms with van der Waals surface area (Å²) < 4.78 is 0. The van der Waals surface area contributed by atoms with Gasteiger partial charge in [0.2, 0.25) is 0 Å². The molecule has 1 aromatic carbocycles. The average Bonchev–Trinajstić information content (AvgIpc) is 2.28. The number of fused-ring (bicyclic) bond motifs is 1. The van der Waals surface area contributed by atoms with E-state index < -0.39 is 0 Å². The Bertz CT molecular complexity index is 517. The van der Waals surface area contributed by atoms with Crippen molar-refractivity contribution in [1.82, 2.24) is 9.97 Å². The standard InChI is InChI=1S/C11H13N5/c12-11(13)16-4-3-8-1-2-9-10(7-8)15-6-5-14-9/h1-2,5-7H,3-4H2,(H4,12,13,16). The second-order valence-corrected chi connectivity index (χ2v) is 3.44. The lowest BCUT2D eigenvalue weighted by Gasteiger charge is -2.00. The molecule has 5 heteroatoms. The van der Waals surface area contributed by atoms with Gasteiger partial charge in [0.05, 0.1) is 11.0 Å². The van der Waals surface area contributed by atoms with Gasteiger partial charge in [-0.1, -0.05) is 6.07 Å². The van der Waals surface area contributed by atoms with E-state index in [9.17, 15) is 0 Å². The molecule has 0 saturated heterocycles. The molecule has 0 atom stereocenters. The lowest BCUT2D eigenvalue weighted by Crippen LogP contribution is -2.23. The second-order valence-electron chi connectivity index (χ2n) is 3.44. The summed E-state index contributed by atoms with van der Waals surface area (Å²) >= 11 is 0. The Morgan fingerprint density at radius 1 is 1.12 bits per heavy atom. The van der Waals surface area contributed by atoms with Crippen molar-refractivity contribution >= 4 is 17.0 Å². The van der Waals surface area contributed by atoms with Crippen LogP contribution in [0.2, 0.25) is 0 Å². The van der Waals surface area contributed by atoms with Gasteiger partial charge in [-0.2, -0.15) is 0 Å². The summed E-state index contributed by atoms with van der Waals surface area (Å²) in [7, 11) is 0. The SMILES string of the molecule is NC(N)=NCCc1ccc2nccnc2c1. The fourth-order valence-electron chi connectivity index (χ4n) is 1.48. The Morgan fingerprint density at radius 2 is 1.88 bits per heavy atom. The minimum absolute atomic E-state index is 0.126. The smallest absolute Gasteiger partial charge is 0.185 e. The predicted octanol–water partition coefficient (Wildman–Crippen LogP) is 0.446. The molecule has 1 aromatic heterocycles. The number of aromatic nitrogens is 2. The van der Waals surface area contributed by atoms with E-state index in [0.717, 1.165) is 23.0 Å². The number of nitrogens with two attached hydrogens (primary N) is 2. The lowest BCUT2D eigenvalue weighted by molar-refractivity contribution is 0.963. The maximum atomic E-state index is 5.25. The molecule has 16 heavy (non-hydrogen) atoms. The van der Waals surface area contributed by atoms with E-state index in [1.165, 1.54) is 0 Å². The van der Waals surface area contributed by atoms with Crippen molar-refractivity contribution in [2.45, 2.75) is 6.42 Å². The van der Waals surface area contributed by atoms with Crippen molar-refractivity contribution in [3.63, 3.8) is 0 Å². The van der Waals surface area contributed by atoms with Crippen molar-refractivity contribution in [2.24, 2.45) is 16.5 Å². The summed E-state index contributed by atoms with van der Waals surface area (Å²) in [6, 6.07) is 5.97. The van der Waals surface area contributed by atoms with Gasteiger partial charge in [-0.05, 0) is 24.1 Å². The summed E-state index contributed by atoms with van der Waals surface area (Å²) in [5.74, 6) is 0.126. The van der Waals surface area contributed by atoms with E-state index in [4.69, 9.17) is 11.5 Å². The molecule has 0 aliphatic carbocycles. The first-order valence-corrected chi connectivity index (χ1v) is 5.01. The molecule has 2 rings (SSSR count). The molecule has 4 N–H and O–H groups in total. The predicted molar refractivity (Wildman–Crippen MR) is 63.9 cm³/mol. The topological polar surface area (TPSA) is 90.2 Å². The Balaban J connectivity index is 2.16. The first kappa shape index (κ1) is 10.4. The zero-order valence-corrected chi connectivity index (χ0v) is 8.80. The molecule has 0 fully saturated rings. The van der Waals surface area contributed by atoms with Crippen LogP contribution in [0.5, 0.6) is 0 Å². The lowest BCUT2D eigenvalue weighted by atomic mass is 10.1. The highest BCUT2D eigenvalue weighted by atomic mass is 15.0. The van der Waals surface area contributed by atoms with Crippen molar-refractivity contribution in [1.29, 1.82) is 0 Å². The number of hydrogen-bond donors (Lipinski definition) is 2. The maximum absolute atomic E-state index is 5.25. The van der Waals surface area contributed by atoms with Crippen LogP contribution in [0.15, 0.2) is 35.6 Å². The molecule has 0 aliphatic heterocycles. The van der Waals surface area contributed by atoms with Gasteiger partial charge in [0.15, 0.2) is 5.96 Å². The van der Waals surface area contributed by atoms with Crippen molar-refractivity contribution in [3.8, 4) is 0 Å². The van der Waals surface area contributed by atoms with Crippen LogP contribution in [-0.2, 0) is 6.42 Å². The number of benzene rings is 1. The highest BCUT2D eigenvalue weighted by molar-refractivity contribution is 5.76. The molecule has 0 bridgehead atoms. The quantitative estimate of drug-likeness (QED) is 0.574. The third kappa shape index (κ3) is 2.44. The van der Waals surface area contributed by atoms with Gasteiger partial charge in [0.1, 0.15) is 0 Å². The van der Waals surface area contributed by atoms with Gasteiger partial charge in [-0.3, -0.25) is 15.0 Å². The average molecular weight is 215 g/mol. The third-order valence-electron chi connectivity index (χ3n) is 2.23. The zero-order valence-electron chi connectivity index (χ0n) is 8.80. The van der Waals surface area contributed by atoms with E-state index in [1.54, 1.807) is 12.4 Å². The van der Waals surface area contributed by atoms with Crippen molar-refractivity contribution in [2.75, 3.05) is 6.54 Å². The molecule has 0 spiro atoms. The van der Waals surface area contributed by atoms with Crippen LogP contribution < -0.4 is 11.5 Å². The Hall–Kier alpha value is -2.17. The maximum Gasteiger partial charge on any atom is 0.185 e. The van der Waals surface area contributed by atoms with Gasteiger partial charge in [0, 0.05) is 18.9 Å². The molecule has 82 valence electrons. The van der Waals surface area contributed by atoms with E-state index >= 15 is 0 Å². The second kappa shape index (κ2) is 4.57. The van der Waals surface area contributed by atoms with Gasteiger partial charge in [-0.15, -0.1) is 0 Å². The molecule has 0 unspecified atom stereocenters. The molecular weight excluding hydrogens is 202 g/mol. The van der Waals surface area contributed by atoms with Crippen LogP contribution >= 0.6 is 0 Å². The van der Waals surface area contributed by atoms with E-state index in [2.05, 4.69) is 15.0 Å². The van der Waals surface area contributed by atoms with Crippen molar-refractivity contribution < 1.29 is 0 Å². The van der Waals surface area contributed by atoms with Gasteiger partial charge < -0.3 is 11.5 Å². The molecule has 5 nitrogen and oxygen atoms in total. The highest BCUT2D eigenvalue weighted by Crippen LogP contribution is 2.11. The number of guanidine groups is 1. The van der Waals surface area contributed by atoms with Crippen LogP contribution in [0.4, 0.5) is 0 Å². The van der Waals surface area contributed by atoms with Crippen LogP contribution in [-0.4, -0.2) is 22.5 Å². The van der Waals surface area contributed by atoms with Gasteiger partial charge >= 0.3 is 0 Å². The van der Waals surface area contributed by atoms with Crippen LogP contribution in [0.1, 0.15) is 5.56 Å². The molecule has 0 saturated carbocycles. The van der Waals surface area contributed by atoms with Crippen LogP contribution in [0.25, 0.3) is 11.0 Å². The molecular formula is C11H13N5. The summed E-state index contributed by atoms with van der Waals surface area (Å²) in [6.45, 7) is 0.591. The molecule has 0 radical (unpaired) electrons. The summed E-state index contributed by atoms with van der Waals surface area (Å²) in [5.41, 5.74) is 13.4. The van der Waals surface area contributed by atoms with Gasteiger partial charge in [-0.25, -0.2) is 0 Å². The number of rotatable bonds is 3. The van der Waals surface area contributed by atoms with E-state index in [0.29, 0.717) is 6.54 Å². The van der Waals surface area contributed by atoms with E-state index in [1.807, 2.05) is 18.2 Å². The highest BCUT2D eigenvalue weighted by Gasteiger charge is 1.97. The van der Waals surface area contributed by atoms with Gasteiger partial charge in [0.25, 0.3) is 0 Å². The van der Waals surface area contributed by atoms with Crippen LogP contribution in [0, 0.1) is 0 Å². The first-order valence-electron chi connectivity index (χ1n) is 5.01. The molecule has 0 aliphatic rings. The third-order valence-corrected chi connectivity index (χ3v) is 2.23. The minimum atomic E-state index is 0.126. The monoisotopic (exact) mass is 215 g/mol. The minimum Gasteiger partial charge on any atom is -0.370 e. The fourth-order valence-corrected chi connectivity index (χ4v) is 1.48. The largest absolute Gasteiger partial charge is 0.370 e. The summed E-state index contributed by atoms with van der Waals surface area (Å²) in [4.78, 5) is 12.4. The Kier molecular flexibility index (Phi) is 2.95.